The zero-order valence-electron chi connectivity index (χ0n) is 28.6. The van der Waals surface area contributed by atoms with Crippen LogP contribution < -0.4 is 9.62 Å². The summed E-state index contributed by atoms with van der Waals surface area (Å²) in [6.45, 7) is 13.9. The first kappa shape index (κ1) is 37.0. The van der Waals surface area contributed by atoms with E-state index in [0.29, 0.717) is 67.4 Å². The van der Waals surface area contributed by atoms with Crippen molar-refractivity contribution in [1.82, 2.24) is 5.32 Å². The van der Waals surface area contributed by atoms with Crippen LogP contribution in [-0.2, 0) is 28.7 Å². The molecule has 1 N–H and O–H groups in total. The Morgan fingerprint density at radius 3 is 2.09 bits per heavy atom. The van der Waals surface area contributed by atoms with Gasteiger partial charge in [0.1, 0.15) is 17.2 Å². The zero-order chi connectivity index (χ0) is 34.4. The van der Waals surface area contributed by atoms with Crippen LogP contribution in [0.3, 0.4) is 0 Å². The Morgan fingerprint density at radius 2 is 1.55 bits per heavy atom. The fourth-order valence-corrected chi connectivity index (χ4v) is 6.92. The summed E-state index contributed by atoms with van der Waals surface area (Å²) in [5.74, 6) is -0.307. The van der Waals surface area contributed by atoms with Crippen molar-refractivity contribution >= 4 is 40.9 Å². The minimum Gasteiger partial charge on any atom is -0.455 e. The van der Waals surface area contributed by atoms with Crippen LogP contribution in [0.1, 0.15) is 55.5 Å². The first-order valence-electron chi connectivity index (χ1n) is 16.1. The van der Waals surface area contributed by atoms with Crippen LogP contribution in [0, 0.1) is 5.82 Å². The van der Waals surface area contributed by atoms with Crippen LogP contribution in [0.5, 0.6) is 0 Å². The lowest BCUT2D eigenvalue weighted by molar-refractivity contribution is 0.00982. The second kappa shape index (κ2) is 15.6. The van der Waals surface area contributed by atoms with E-state index in [1.807, 2.05) is 6.07 Å². The molecule has 1 aliphatic rings. The topological polar surface area (TPSA) is 117 Å². The predicted molar refractivity (Wildman–Crippen MR) is 185 cm³/mol. The summed E-state index contributed by atoms with van der Waals surface area (Å²) in [5, 5.41) is 3.40. The number of benzene rings is 2. The maximum absolute atomic E-state index is 13.7. The van der Waals surface area contributed by atoms with Crippen LogP contribution in [0.2, 0.25) is 18.1 Å². The number of rotatable bonds is 18. The fraction of sp³-hybridized carbons (Fsp3) is 0.559. The van der Waals surface area contributed by atoms with Crippen LogP contribution in [0.4, 0.5) is 10.1 Å². The highest BCUT2D eigenvalue weighted by atomic mass is 32.2. The fourth-order valence-electron chi connectivity index (χ4n) is 4.97. The minimum atomic E-state index is -3.69. The molecule has 0 bridgehead atoms. The third-order valence-corrected chi connectivity index (χ3v) is 14.5. The van der Waals surface area contributed by atoms with Crippen molar-refractivity contribution in [3.05, 3.63) is 53.3 Å². The molecule has 3 aromatic rings. The second-order valence-corrected chi connectivity index (χ2v) is 20.1. The highest BCUT2D eigenvalue weighted by Crippen LogP contribution is 2.48. The van der Waals surface area contributed by atoms with Crippen molar-refractivity contribution in [3.63, 3.8) is 0 Å². The van der Waals surface area contributed by atoms with Crippen LogP contribution >= 0.6 is 0 Å². The Balaban J connectivity index is 1.36. The quantitative estimate of drug-likeness (QED) is 0.122. The molecule has 1 aromatic heterocycles. The SMILES string of the molecule is CNC(=O)c1c(-c2ccc(F)cc2)oc2cc(N(CCOCCOCCOCCO[Si](C)(C)C(C)(C)C)S(C)(=O)=O)c(C3CC3)cc12. The van der Waals surface area contributed by atoms with E-state index in [1.165, 1.54) is 23.5 Å². The maximum atomic E-state index is 13.7. The van der Waals surface area contributed by atoms with E-state index in [2.05, 4.69) is 39.2 Å². The van der Waals surface area contributed by atoms with Gasteiger partial charge in [-0.1, -0.05) is 20.8 Å². The molecular weight excluding hydrogens is 644 g/mol. The van der Waals surface area contributed by atoms with Crippen molar-refractivity contribution in [1.29, 1.82) is 0 Å². The number of fused-ring (bicyclic) bond motifs is 1. The number of ether oxygens (including phenoxy) is 3. The maximum Gasteiger partial charge on any atom is 0.255 e. The average Bonchev–Trinajstić information content (AvgIpc) is 3.78. The van der Waals surface area contributed by atoms with E-state index in [-0.39, 0.29) is 35.8 Å². The molecule has 10 nitrogen and oxygen atoms in total. The summed E-state index contributed by atoms with van der Waals surface area (Å²) in [7, 11) is -3.94. The molecule has 47 heavy (non-hydrogen) atoms. The van der Waals surface area contributed by atoms with Gasteiger partial charge >= 0.3 is 0 Å². The van der Waals surface area contributed by atoms with Gasteiger partial charge in [0.2, 0.25) is 10.0 Å². The highest BCUT2D eigenvalue weighted by molar-refractivity contribution is 7.92. The Kier molecular flexibility index (Phi) is 12.3. The smallest absolute Gasteiger partial charge is 0.255 e. The molecule has 1 saturated carbocycles. The average molecular weight is 693 g/mol. The number of amides is 1. The number of anilines is 1. The van der Waals surface area contributed by atoms with Gasteiger partial charge in [0, 0.05) is 24.1 Å². The lowest BCUT2D eigenvalue weighted by Crippen LogP contribution is -2.41. The normalized spacial score (nSPS) is 14.1. The van der Waals surface area contributed by atoms with Crippen molar-refractivity contribution in [3.8, 4) is 11.3 Å². The Labute approximate surface area is 279 Å². The number of hydrogen-bond acceptors (Lipinski definition) is 8. The standard InChI is InChI=1S/C34H49FN2O8SSi/c1-34(2,3)47(6,7)44-21-20-43-19-18-42-17-16-41-15-14-37(46(5,39)40)29-23-30-28(22-27(29)24-8-9-24)31(33(38)36-4)32(45-30)25-10-12-26(35)13-11-25/h10-13,22-24H,8-9,14-21H2,1-7H3,(H,36,38). The lowest BCUT2D eigenvalue weighted by atomic mass is 10.0. The van der Waals surface area contributed by atoms with Gasteiger partial charge in [0.05, 0.1) is 70.3 Å². The van der Waals surface area contributed by atoms with Gasteiger partial charge in [-0.3, -0.25) is 9.10 Å². The number of sulfonamides is 1. The summed E-state index contributed by atoms with van der Waals surface area (Å²) in [4.78, 5) is 13.0. The molecule has 0 spiro atoms. The molecule has 1 amide bonds. The summed E-state index contributed by atoms with van der Waals surface area (Å²) < 4.78 is 70.3. The van der Waals surface area contributed by atoms with Gasteiger partial charge in [-0.2, -0.15) is 0 Å². The third-order valence-electron chi connectivity index (χ3n) is 8.76. The van der Waals surface area contributed by atoms with Crippen LogP contribution in [0.15, 0.2) is 40.8 Å². The molecule has 0 unspecified atom stereocenters. The summed E-state index contributed by atoms with van der Waals surface area (Å²) in [5.41, 5.74) is 2.55. The van der Waals surface area contributed by atoms with Gasteiger partial charge < -0.3 is 28.4 Å². The van der Waals surface area contributed by atoms with Crippen molar-refractivity contribution < 1.29 is 40.7 Å². The van der Waals surface area contributed by atoms with Gasteiger partial charge in [0.15, 0.2) is 8.32 Å². The molecule has 260 valence electrons. The molecule has 1 aliphatic carbocycles. The molecule has 0 atom stereocenters. The van der Waals surface area contributed by atoms with Crippen molar-refractivity contribution in [2.24, 2.45) is 0 Å². The number of nitrogens with zero attached hydrogens (tertiary/aromatic N) is 1. The van der Waals surface area contributed by atoms with E-state index in [4.69, 9.17) is 23.1 Å². The Bertz CT molecular complexity index is 1620. The second-order valence-electron chi connectivity index (χ2n) is 13.4. The number of carbonyl (C=O) groups is 1. The van der Waals surface area contributed by atoms with Crippen LogP contribution in [0.25, 0.3) is 22.3 Å². The lowest BCUT2D eigenvalue weighted by Gasteiger charge is -2.36. The number of furan rings is 1. The van der Waals surface area contributed by atoms with E-state index >= 15 is 0 Å². The molecule has 0 aliphatic heterocycles. The van der Waals surface area contributed by atoms with Crippen molar-refractivity contribution in [2.45, 2.75) is 57.7 Å². The summed E-state index contributed by atoms with van der Waals surface area (Å²) >= 11 is 0. The summed E-state index contributed by atoms with van der Waals surface area (Å²) in [6.07, 6.45) is 2.99. The van der Waals surface area contributed by atoms with E-state index in [1.54, 1.807) is 18.2 Å². The largest absolute Gasteiger partial charge is 0.455 e. The molecule has 0 saturated heterocycles. The van der Waals surface area contributed by atoms with Gasteiger partial charge in [0.25, 0.3) is 5.91 Å². The van der Waals surface area contributed by atoms with Gasteiger partial charge in [-0.15, -0.1) is 0 Å². The molecule has 0 radical (unpaired) electrons. The molecular formula is C34H49FN2O8SSi. The van der Waals surface area contributed by atoms with E-state index in [9.17, 15) is 17.6 Å². The molecule has 13 heteroatoms. The first-order valence-corrected chi connectivity index (χ1v) is 20.8. The molecule has 2 aromatic carbocycles. The Morgan fingerprint density at radius 1 is 0.979 bits per heavy atom. The molecule has 1 heterocycles. The first-order chi connectivity index (χ1) is 22.1. The third kappa shape index (κ3) is 9.64. The van der Waals surface area contributed by atoms with Gasteiger partial charge in [-0.25, -0.2) is 12.8 Å². The van der Waals surface area contributed by atoms with Crippen LogP contribution in [-0.4, -0.2) is 88.7 Å². The van der Waals surface area contributed by atoms with E-state index < -0.39 is 24.2 Å². The number of halogens is 1. The number of hydrogen-bond donors (Lipinski definition) is 1. The number of carbonyl (C=O) groups excluding carboxylic acids is 1. The monoisotopic (exact) mass is 692 g/mol. The van der Waals surface area contributed by atoms with Gasteiger partial charge in [-0.05, 0) is 72.8 Å². The molecule has 1 fully saturated rings. The zero-order valence-corrected chi connectivity index (χ0v) is 30.4. The predicted octanol–water partition coefficient (Wildman–Crippen LogP) is 6.31. The number of nitrogens with one attached hydrogen (secondary N) is 1. The van der Waals surface area contributed by atoms with E-state index in [0.717, 1.165) is 24.7 Å². The minimum absolute atomic E-state index is 0.0925. The molecule has 4 rings (SSSR count). The Hall–Kier alpha value is -2.81. The van der Waals surface area contributed by atoms with Crippen molar-refractivity contribution in [2.75, 3.05) is 70.4 Å². The summed E-state index contributed by atoms with van der Waals surface area (Å²) in [6, 6.07) is 9.24. The highest BCUT2D eigenvalue weighted by Gasteiger charge is 2.37.